The van der Waals surface area contributed by atoms with Crippen LogP contribution in [-0.2, 0) is 4.74 Å². The van der Waals surface area contributed by atoms with Crippen molar-refractivity contribution in [3.8, 4) is 5.75 Å². The molecule has 162 valence electrons. The fraction of sp³-hybridized carbons (Fsp3) is 0.600. The summed E-state index contributed by atoms with van der Waals surface area (Å²) in [6.07, 6.45) is 15.2. The van der Waals surface area contributed by atoms with Crippen molar-refractivity contribution in [2.75, 3.05) is 33.4 Å². The molecule has 5 rings (SSSR count). The highest BCUT2D eigenvalue weighted by atomic mass is 35.5. The fourth-order valence-electron chi connectivity index (χ4n) is 5.39. The summed E-state index contributed by atoms with van der Waals surface area (Å²) in [5.41, 5.74) is 4.05. The molecule has 3 fully saturated rings. The molecule has 4 aliphatic rings. The zero-order chi connectivity index (χ0) is 20.6. The fourth-order valence-corrected chi connectivity index (χ4v) is 5.73. The Morgan fingerprint density at radius 3 is 2.70 bits per heavy atom. The van der Waals surface area contributed by atoms with Gasteiger partial charge in [0, 0.05) is 26.2 Å². The van der Waals surface area contributed by atoms with Crippen LogP contribution in [0.25, 0.3) is 0 Å². The molecular weight excluding hydrogens is 396 g/mol. The third kappa shape index (κ3) is 4.02. The molecular formula is C25H33ClN2O2. The lowest BCUT2D eigenvalue weighted by molar-refractivity contribution is -0.0417. The normalized spacial score (nSPS) is 26.3. The monoisotopic (exact) mass is 428 g/mol. The smallest absolute Gasteiger partial charge is 0.138 e. The van der Waals surface area contributed by atoms with E-state index in [4.69, 9.17) is 21.1 Å². The largest absolute Gasteiger partial charge is 0.495 e. The number of hydrogen-bond acceptors (Lipinski definition) is 4. The Balaban J connectivity index is 1.29. The second kappa shape index (κ2) is 8.57. The van der Waals surface area contributed by atoms with E-state index in [1.165, 1.54) is 61.6 Å². The van der Waals surface area contributed by atoms with Crippen molar-refractivity contribution in [1.82, 2.24) is 10.2 Å². The van der Waals surface area contributed by atoms with Crippen molar-refractivity contribution in [1.29, 1.82) is 0 Å². The van der Waals surface area contributed by atoms with Crippen LogP contribution < -0.4 is 10.1 Å². The number of ether oxygens (including phenoxy) is 2. The molecule has 1 N–H and O–H groups in total. The minimum atomic E-state index is 0.157. The molecule has 1 aromatic carbocycles. The number of dihydropyridines is 1. The lowest BCUT2D eigenvalue weighted by atomic mass is 9.79. The quantitative estimate of drug-likeness (QED) is 0.685. The lowest BCUT2D eigenvalue weighted by Crippen LogP contribution is -2.44. The summed E-state index contributed by atoms with van der Waals surface area (Å²) in [5, 5.41) is 4.31. The number of likely N-dealkylation sites (tertiary alicyclic amines) is 1. The van der Waals surface area contributed by atoms with Crippen molar-refractivity contribution in [2.45, 2.75) is 62.5 Å². The van der Waals surface area contributed by atoms with Gasteiger partial charge in [-0.1, -0.05) is 30.2 Å². The van der Waals surface area contributed by atoms with Gasteiger partial charge in [-0.05, 0) is 79.5 Å². The zero-order valence-electron chi connectivity index (χ0n) is 18.0. The second-order valence-electron chi connectivity index (χ2n) is 9.38. The summed E-state index contributed by atoms with van der Waals surface area (Å²) in [6.45, 7) is 4.22. The topological polar surface area (TPSA) is 33.7 Å². The summed E-state index contributed by atoms with van der Waals surface area (Å²) >= 11 is 6.64. The molecule has 30 heavy (non-hydrogen) atoms. The minimum Gasteiger partial charge on any atom is -0.495 e. The van der Waals surface area contributed by atoms with Crippen molar-refractivity contribution >= 4 is 11.6 Å². The molecule has 1 spiro atoms. The maximum atomic E-state index is 6.64. The number of piperidine rings is 1. The molecule has 4 nitrogen and oxygen atoms in total. The third-order valence-corrected chi connectivity index (χ3v) is 7.93. The highest BCUT2D eigenvalue weighted by Crippen LogP contribution is 2.44. The van der Waals surface area contributed by atoms with Gasteiger partial charge < -0.3 is 14.8 Å². The van der Waals surface area contributed by atoms with E-state index in [0.717, 1.165) is 37.0 Å². The van der Waals surface area contributed by atoms with Crippen molar-refractivity contribution in [3.05, 3.63) is 52.2 Å². The number of nitrogens with one attached hydrogen (secondary N) is 1. The Morgan fingerprint density at radius 1 is 1.20 bits per heavy atom. The number of halogens is 1. The van der Waals surface area contributed by atoms with Crippen LogP contribution in [0.3, 0.4) is 0 Å². The van der Waals surface area contributed by atoms with E-state index >= 15 is 0 Å². The Hall–Kier alpha value is -1.49. The van der Waals surface area contributed by atoms with Crippen LogP contribution in [0, 0.1) is 0 Å². The Morgan fingerprint density at radius 2 is 2.03 bits per heavy atom. The van der Waals surface area contributed by atoms with Crippen LogP contribution in [0.2, 0.25) is 5.02 Å². The van der Waals surface area contributed by atoms with Crippen molar-refractivity contribution < 1.29 is 9.47 Å². The van der Waals surface area contributed by atoms with E-state index in [0.29, 0.717) is 5.92 Å². The summed E-state index contributed by atoms with van der Waals surface area (Å²) in [7, 11) is 1.71. The van der Waals surface area contributed by atoms with Gasteiger partial charge in [0.2, 0.25) is 0 Å². The minimum absolute atomic E-state index is 0.157. The molecule has 1 unspecified atom stereocenters. The average Bonchev–Trinajstić information content (AvgIpc) is 3.18. The SMILES string of the molecule is COc1cc(C2C=C(CN3CCC4(CCCO4)CC3)C=CN2)cc(C2CCC2)c1Cl. The Labute approximate surface area is 185 Å². The number of benzene rings is 1. The van der Waals surface area contributed by atoms with Gasteiger partial charge in [-0.25, -0.2) is 0 Å². The maximum Gasteiger partial charge on any atom is 0.138 e. The molecule has 0 amide bonds. The summed E-state index contributed by atoms with van der Waals surface area (Å²) < 4.78 is 11.7. The first kappa shape index (κ1) is 20.4. The summed E-state index contributed by atoms with van der Waals surface area (Å²) in [5.74, 6) is 1.37. The van der Waals surface area contributed by atoms with Gasteiger partial charge in [0.1, 0.15) is 5.75 Å². The predicted octanol–water partition coefficient (Wildman–Crippen LogP) is 5.35. The second-order valence-corrected chi connectivity index (χ2v) is 9.76. The van der Waals surface area contributed by atoms with E-state index in [1.807, 2.05) is 0 Å². The van der Waals surface area contributed by atoms with Gasteiger partial charge in [0.05, 0.1) is 23.8 Å². The van der Waals surface area contributed by atoms with Crippen LogP contribution in [0.5, 0.6) is 5.75 Å². The zero-order valence-corrected chi connectivity index (χ0v) is 18.7. The first-order valence-electron chi connectivity index (χ1n) is 11.5. The van der Waals surface area contributed by atoms with E-state index in [9.17, 15) is 0 Å². The Kier molecular flexibility index (Phi) is 5.83. The van der Waals surface area contributed by atoms with Crippen molar-refractivity contribution in [3.63, 3.8) is 0 Å². The first-order chi connectivity index (χ1) is 14.7. The van der Waals surface area contributed by atoms with Crippen LogP contribution in [0.4, 0.5) is 0 Å². The molecule has 1 aliphatic carbocycles. The Bertz CT molecular complexity index is 830. The van der Waals surface area contributed by atoms with Crippen LogP contribution in [-0.4, -0.2) is 43.9 Å². The standard InChI is InChI=1S/C25H33ClN2O2/c1-29-23-16-20(15-21(24(23)26)19-4-2-5-19)22-14-18(6-10-27-22)17-28-11-8-25(9-12-28)7-3-13-30-25/h6,10,14-16,19,22,27H,2-5,7-9,11-13,17H2,1H3. The van der Waals surface area contributed by atoms with Gasteiger partial charge in [-0.15, -0.1) is 0 Å². The van der Waals surface area contributed by atoms with E-state index in [-0.39, 0.29) is 11.6 Å². The number of hydrogen-bond donors (Lipinski definition) is 1. The highest BCUT2D eigenvalue weighted by molar-refractivity contribution is 6.33. The molecule has 1 atom stereocenters. The molecule has 0 bridgehead atoms. The van der Waals surface area contributed by atoms with Crippen LogP contribution in [0.15, 0.2) is 36.1 Å². The lowest BCUT2D eigenvalue weighted by Gasteiger charge is -2.39. The highest BCUT2D eigenvalue weighted by Gasteiger charge is 2.38. The maximum absolute atomic E-state index is 6.64. The molecule has 3 aliphatic heterocycles. The predicted molar refractivity (Wildman–Crippen MR) is 121 cm³/mol. The van der Waals surface area contributed by atoms with E-state index in [1.54, 1.807) is 7.11 Å². The van der Waals surface area contributed by atoms with Gasteiger partial charge in [-0.2, -0.15) is 0 Å². The number of nitrogens with zero attached hydrogens (tertiary/aromatic N) is 1. The van der Waals surface area contributed by atoms with Gasteiger partial charge >= 0.3 is 0 Å². The van der Waals surface area contributed by atoms with Crippen LogP contribution >= 0.6 is 11.6 Å². The summed E-state index contributed by atoms with van der Waals surface area (Å²) in [6, 6.07) is 4.54. The molecule has 0 aromatic heterocycles. The first-order valence-corrected chi connectivity index (χ1v) is 11.9. The van der Waals surface area contributed by atoms with E-state index < -0.39 is 0 Å². The molecule has 0 radical (unpaired) electrons. The number of methoxy groups -OCH3 is 1. The summed E-state index contributed by atoms with van der Waals surface area (Å²) in [4.78, 5) is 2.58. The van der Waals surface area contributed by atoms with Crippen LogP contribution in [0.1, 0.15) is 68.0 Å². The van der Waals surface area contributed by atoms with Gasteiger partial charge in [-0.3, -0.25) is 4.90 Å². The van der Waals surface area contributed by atoms with Crippen molar-refractivity contribution in [2.24, 2.45) is 0 Å². The molecule has 1 aromatic rings. The molecule has 2 saturated heterocycles. The van der Waals surface area contributed by atoms with E-state index in [2.05, 4.69) is 40.7 Å². The average molecular weight is 429 g/mol. The molecule has 3 heterocycles. The third-order valence-electron chi connectivity index (χ3n) is 7.53. The van der Waals surface area contributed by atoms with Gasteiger partial charge in [0.15, 0.2) is 0 Å². The van der Waals surface area contributed by atoms with Gasteiger partial charge in [0.25, 0.3) is 0 Å². The molecule has 5 heteroatoms. The molecule has 1 saturated carbocycles. The number of rotatable bonds is 5.